The van der Waals surface area contributed by atoms with Crippen LogP contribution in [0, 0.1) is 11.8 Å². The minimum atomic E-state index is -0.940. The Morgan fingerprint density at radius 2 is 2.17 bits per heavy atom. The first-order chi connectivity index (χ1) is 10.9. The van der Waals surface area contributed by atoms with Crippen LogP contribution in [0.2, 0.25) is 0 Å². The van der Waals surface area contributed by atoms with Gasteiger partial charge in [0, 0.05) is 25.7 Å². The van der Waals surface area contributed by atoms with Gasteiger partial charge >= 0.3 is 6.03 Å². The number of carbonyl (C=O) groups excluding carboxylic acids is 2. The monoisotopic (exact) mass is 330 g/mol. The van der Waals surface area contributed by atoms with Gasteiger partial charge in [-0.05, 0) is 12.6 Å². The van der Waals surface area contributed by atoms with Crippen molar-refractivity contribution in [2.24, 2.45) is 28.3 Å². The van der Waals surface area contributed by atoms with Crippen molar-refractivity contribution in [1.29, 1.82) is 0 Å². The van der Waals surface area contributed by atoms with Gasteiger partial charge in [-0.1, -0.05) is 6.08 Å². The molecule has 2 aliphatic rings. The predicted molar refractivity (Wildman–Crippen MR) is 79.7 cm³/mol. The average Bonchev–Trinajstić information content (AvgIpc) is 2.90. The molecule has 0 saturated carbocycles. The van der Waals surface area contributed by atoms with Gasteiger partial charge in [-0.15, -0.1) is 0 Å². The van der Waals surface area contributed by atoms with Crippen molar-refractivity contribution in [1.82, 2.24) is 15.7 Å². The van der Waals surface area contributed by atoms with Gasteiger partial charge in [0.05, 0.1) is 5.92 Å². The van der Waals surface area contributed by atoms with Gasteiger partial charge in [-0.3, -0.25) is 15.3 Å². The maximum atomic E-state index is 11.7. The number of rotatable bonds is 5. The van der Waals surface area contributed by atoms with E-state index in [0.717, 1.165) is 0 Å². The molecule has 23 heavy (non-hydrogen) atoms. The second-order valence-corrected chi connectivity index (χ2v) is 5.02. The van der Waals surface area contributed by atoms with Gasteiger partial charge in [0.15, 0.2) is 5.96 Å². The molecule has 0 spiro atoms. The number of hydrogen-bond acceptors (Lipinski definition) is 8. The third-order valence-electron chi connectivity index (χ3n) is 3.35. The number of carbonyl (C=O) groups is 2. The molecular weight excluding hydrogens is 308 g/mol. The number of primary amides is 1. The zero-order valence-corrected chi connectivity index (χ0v) is 12.4. The van der Waals surface area contributed by atoms with Gasteiger partial charge in [0.25, 0.3) is 0 Å². The van der Waals surface area contributed by atoms with Gasteiger partial charge in [-0.2, -0.15) is 0 Å². The highest BCUT2D eigenvalue weighted by molar-refractivity contribution is 6.00. The molecule has 0 aliphatic carbocycles. The summed E-state index contributed by atoms with van der Waals surface area (Å²) < 4.78 is 0. The molecule has 0 fully saturated rings. The van der Waals surface area contributed by atoms with Crippen molar-refractivity contribution in [2.75, 3.05) is 19.8 Å². The van der Waals surface area contributed by atoms with Crippen LogP contribution in [-0.4, -0.2) is 64.1 Å². The first-order valence-electron chi connectivity index (χ1n) is 6.92. The lowest BCUT2D eigenvalue weighted by atomic mass is 10.0. The molecule has 0 radical (unpaired) electrons. The summed E-state index contributed by atoms with van der Waals surface area (Å²) in [5, 5.41) is 28.0. The normalized spacial score (nSPS) is 23.2. The number of guanidine groups is 1. The number of amides is 3. The number of urea groups is 1. The number of aliphatic hydroxyl groups is 2. The summed E-state index contributed by atoms with van der Waals surface area (Å²) in [7, 11) is 0. The number of fused-ring (bicyclic) bond motifs is 1. The highest BCUT2D eigenvalue weighted by Crippen LogP contribution is 2.26. The van der Waals surface area contributed by atoms with E-state index in [9.17, 15) is 14.7 Å². The van der Waals surface area contributed by atoms with Crippen LogP contribution < -0.4 is 22.3 Å². The predicted octanol–water partition coefficient (Wildman–Crippen LogP) is -2.76. The molecule has 0 bridgehead atoms. The topological polar surface area (TPSA) is 187 Å². The summed E-state index contributed by atoms with van der Waals surface area (Å²) in [6, 6.07) is -0.940. The second kappa shape index (κ2) is 8.92. The van der Waals surface area contributed by atoms with Crippen LogP contribution in [0.4, 0.5) is 4.79 Å². The lowest BCUT2D eigenvalue weighted by Gasteiger charge is -2.31. The summed E-state index contributed by atoms with van der Waals surface area (Å²) >= 11 is 0. The molecule has 2 aliphatic heterocycles. The Kier molecular flexibility index (Phi) is 7.25. The quantitative estimate of drug-likeness (QED) is 0.210. The largest absolute Gasteiger partial charge is 0.396 e. The molecule has 2 rings (SSSR count). The smallest absolute Gasteiger partial charge is 0.335 e. The van der Waals surface area contributed by atoms with Crippen LogP contribution in [0.15, 0.2) is 17.3 Å². The molecule has 3 amide bonds. The second-order valence-electron chi connectivity index (χ2n) is 5.02. The Morgan fingerprint density at radius 1 is 1.52 bits per heavy atom. The molecule has 130 valence electrons. The van der Waals surface area contributed by atoms with E-state index in [1.54, 1.807) is 12.3 Å². The highest BCUT2D eigenvalue weighted by Gasteiger charge is 2.38. The fraction of sp³-hybridized carbons (Fsp3) is 0.583. The number of aliphatic imine (C=N–C) groups is 1. The number of nitrogens with two attached hydrogens (primary N) is 2. The van der Waals surface area contributed by atoms with Crippen molar-refractivity contribution >= 4 is 17.9 Å². The zero-order chi connectivity index (χ0) is 17.4. The Balaban J connectivity index is 0.000000463. The molecule has 11 heteroatoms. The lowest BCUT2D eigenvalue weighted by molar-refractivity contribution is -0.123. The number of hydrogen-bond donors (Lipinski definition) is 7. The van der Waals surface area contributed by atoms with Crippen LogP contribution in [0.25, 0.3) is 0 Å². The van der Waals surface area contributed by atoms with Gasteiger partial charge < -0.3 is 26.6 Å². The lowest BCUT2D eigenvalue weighted by Crippen LogP contribution is -2.51. The first kappa shape index (κ1) is 18.7. The van der Waals surface area contributed by atoms with E-state index in [-0.39, 0.29) is 43.1 Å². The van der Waals surface area contributed by atoms with Gasteiger partial charge in [-0.25, -0.2) is 15.3 Å². The third-order valence-corrected chi connectivity index (χ3v) is 3.35. The van der Waals surface area contributed by atoms with E-state index >= 15 is 0 Å². The first-order valence-corrected chi connectivity index (χ1v) is 6.92. The van der Waals surface area contributed by atoms with Crippen LogP contribution in [0.5, 0.6) is 0 Å². The van der Waals surface area contributed by atoms with E-state index < -0.39 is 6.03 Å². The summed E-state index contributed by atoms with van der Waals surface area (Å²) in [4.78, 5) is 27.0. The van der Waals surface area contributed by atoms with E-state index in [1.165, 1.54) is 5.48 Å². The van der Waals surface area contributed by atoms with Crippen molar-refractivity contribution in [3.63, 3.8) is 0 Å². The van der Waals surface area contributed by atoms with E-state index in [1.807, 2.05) is 4.90 Å². The number of aliphatic hydroxyl groups excluding tert-OH is 2. The summed E-state index contributed by atoms with van der Waals surface area (Å²) in [6.45, 7) is 0.565. The van der Waals surface area contributed by atoms with Crippen molar-refractivity contribution in [3.05, 3.63) is 12.3 Å². The van der Waals surface area contributed by atoms with Gasteiger partial charge in [0.1, 0.15) is 6.17 Å². The van der Waals surface area contributed by atoms with E-state index in [4.69, 9.17) is 16.0 Å². The van der Waals surface area contributed by atoms with Crippen molar-refractivity contribution in [3.8, 4) is 0 Å². The Hall–Kier alpha value is -2.37. The SMILES string of the molecule is NC(=O)NO.NC1=NC2C(C=CN2CC(CO)CCO)C(=O)N1. The molecule has 3 unspecified atom stereocenters. The minimum absolute atomic E-state index is 0.00627. The van der Waals surface area contributed by atoms with Crippen molar-refractivity contribution < 1.29 is 25.0 Å². The molecule has 0 aromatic rings. The molecule has 2 heterocycles. The molecule has 11 nitrogen and oxygen atoms in total. The zero-order valence-electron chi connectivity index (χ0n) is 12.4. The summed E-state index contributed by atoms with van der Waals surface area (Å²) in [5.74, 6) is -0.405. The molecule has 0 aromatic carbocycles. The number of nitrogens with zero attached hydrogens (tertiary/aromatic N) is 2. The maximum absolute atomic E-state index is 11.7. The Morgan fingerprint density at radius 3 is 2.70 bits per heavy atom. The number of nitrogens with one attached hydrogen (secondary N) is 2. The Bertz CT molecular complexity index is 483. The van der Waals surface area contributed by atoms with Crippen LogP contribution in [0.1, 0.15) is 6.42 Å². The molecule has 0 saturated heterocycles. The van der Waals surface area contributed by atoms with E-state index in [0.29, 0.717) is 13.0 Å². The molecule has 0 aromatic heterocycles. The molecule has 9 N–H and O–H groups in total. The maximum Gasteiger partial charge on any atom is 0.335 e. The molecule has 3 atom stereocenters. The van der Waals surface area contributed by atoms with Crippen LogP contribution in [-0.2, 0) is 4.79 Å². The fourth-order valence-electron chi connectivity index (χ4n) is 2.25. The Labute approximate surface area is 132 Å². The summed E-state index contributed by atoms with van der Waals surface area (Å²) in [6.07, 6.45) is 3.77. The minimum Gasteiger partial charge on any atom is -0.396 e. The van der Waals surface area contributed by atoms with Crippen molar-refractivity contribution in [2.45, 2.75) is 12.6 Å². The highest BCUT2D eigenvalue weighted by atomic mass is 16.5. The number of hydroxylamine groups is 1. The fourth-order valence-corrected chi connectivity index (χ4v) is 2.25. The average molecular weight is 330 g/mol. The molecular formula is C12H22N6O5. The van der Waals surface area contributed by atoms with E-state index in [2.05, 4.69) is 16.0 Å². The van der Waals surface area contributed by atoms with Crippen LogP contribution >= 0.6 is 0 Å². The summed E-state index contributed by atoms with van der Waals surface area (Å²) in [5.41, 5.74) is 11.0. The van der Waals surface area contributed by atoms with Crippen LogP contribution in [0.3, 0.4) is 0 Å². The van der Waals surface area contributed by atoms with Gasteiger partial charge in [0.2, 0.25) is 5.91 Å². The third kappa shape index (κ3) is 5.39. The standard InChI is InChI=1S/C11H18N4O3.CH4N2O2/c12-11-13-9-8(10(18)14-11)1-3-15(9)5-7(6-17)2-4-16;2-1(4)3-5/h1,3,7-9,16-17H,2,4-6H2,(H3,12,13,14,18);5H,(H3,2,3,4).